The Labute approximate surface area is 122 Å². The monoisotopic (exact) mass is 290 g/mol. The van der Waals surface area contributed by atoms with Crippen LogP contribution in [0.25, 0.3) is 0 Å². The molecule has 2 heterocycles. The van der Waals surface area contributed by atoms with Crippen LogP contribution in [0.1, 0.15) is 16.1 Å². The van der Waals surface area contributed by atoms with Crippen LogP contribution in [0.3, 0.4) is 0 Å². The molecule has 0 atom stereocenters. The third-order valence-electron chi connectivity index (χ3n) is 2.97. The molecular formula is C14H18N4O3. The van der Waals surface area contributed by atoms with Gasteiger partial charge in [0.05, 0.1) is 32.3 Å². The first kappa shape index (κ1) is 15.0. The smallest absolute Gasteiger partial charge is 0.251 e. The highest BCUT2D eigenvalue weighted by Gasteiger charge is 2.08. The summed E-state index contributed by atoms with van der Waals surface area (Å²) in [5, 5.41) is 2.85. The molecule has 0 aliphatic heterocycles. The van der Waals surface area contributed by atoms with Gasteiger partial charge < -0.3 is 19.4 Å². The average molecular weight is 290 g/mol. The third kappa shape index (κ3) is 4.03. The normalized spacial score (nSPS) is 10.4. The summed E-state index contributed by atoms with van der Waals surface area (Å²) in [6.45, 7) is 1.69. The van der Waals surface area contributed by atoms with Crippen LogP contribution in [0.2, 0.25) is 0 Å². The number of pyridine rings is 1. The van der Waals surface area contributed by atoms with Crippen LogP contribution in [0.5, 0.6) is 5.88 Å². The topological polar surface area (TPSA) is 78.3 Å². The fourth-order valence-corrected chi connectivity index (χ4v) is 1.82. The van der Waals surface area contributed by atoms with Gasteiger partial charge in [-0.15, -0.1) is 0 Å². The minimum absolute atomic E-state index is 0.185. The standard InChI is InChI=1S/C14H18N4O3/c1-20-6-5-18-10-15-8-12(18)9-17-14(19)11-3-4-16-13(7-11)21-2/h3-4,7-8,10H,5-6,9H2,1-2H3,(H,17,19). The van der Waals surface area contributed by atoms with Gasteiger partial charge in [0.25, 0.3) is 5.91 Å². The van der Waals surface area contributed by atoms with E-state index in [0.29, 0.717) is 31.1 Å². The number of ether oxygens (including phenoxy) is 2. The number of aromatic nitrogens is 3. The second-order valence-corrected chi connectivity index (χ2v) is 4.34. The Kier molecular flexibility index (Phi) is 5.28. The van der Waals surface area contributed by atoms with Gasteiger partial charge in [0.1, 0.15) is 0 Å². The van der Waals surface area contributed by atoms with Gasteiger partial charge >= 0.3 is 0 Å². The highest BCUT2D eigenvalue weighted by atomic mass is 16.5. The first-order valence-electron chi connectivity index (χ1n) is 6.50. The SMILES string of the molecule is COCCn1cncc1CNC(=O)c1ccnc(OC)c1. The van der Waals surface area contributed by atoms with E-state index >= 15 is 0 Å². The van der Waals surface area contributed by atoms with Gasteiger partial charge in [-0.1, -0.05) is 0 Å². The van der Waals surface area contributed by atoms with Crippen molar-refractivity contribution in [1.29, 1.82) is 0 Å². The summed E-state index contributed by atoms with van der Waals surface area (Å²) in [5.41, 5.74) is 1.42. The van der Waals surface area contributed by atoms with Crippen molar-refractivity contribution in [3.63, 3.8) is 0 Å². The predicted octanol–water partition coefficient (Wildman–Crippen LogP) is 0.863. The van der Waals surface area contributed by atoms with Gasteiger partial charge in [0.2, 0.25) is 5.88 Å². The maximum Gasteiger partial charge on any atom is 0.251 e. The Bertz CT molecular complexity index is 597. The number of nitrogens with one attached hydrogen (secondary N) is 1. The molecule has 0 fully saturated rings. The number of hydrogen-bond donors (Lipinski definition) is 1. The molecule has 0 unspecified atom stereocenters. The Hall–Kier alpha value is -2.41. The summed E-state index contributed by atoms with van der Waals surface area (Å²) < 4.78 is 12.0. The fourth-order valence-electron chi connectivity index (χ4n) is 1.82. The summed E-state index contributed by atoms with van der Waals surface area (Å²) in [7, 11) is 3.16. The van der Waals surface area contributed by atoms with E-state index in [-0.39, 0.29) is 5.91 Å². The van der Waals surface area contributed by atoms with E-state index in [9.17, 15) is 4.79 Å². The minimum Gasteiger partial charge on any atom is -0.481 e. The summed E-state index contributed by atoms with van der Waals surface area (Å²) in [4.78, 5) is 20.1. The number of methoxy groups -OCH3 is 2. The van der Waals surface area contributed by atoms with Crippen molar-refractivity contribution >= 4 is 5.91 Å². The molecule has 0 radical (unpaired) electrons. The number of nitrogens with zero attached hydrogens (tertiary/aromatic N) is 3. The first-order chi connectivity index (χ1) is 10.2. The number of amides is 1. The Morgan fingerprint density at radius 2 is 2.29 bits per heavy atom. The lowest BCUT2D eigenvalue weighted by Crippen LogP contribution is -2.24. The predicted molar refractivity (Wildman–Crippen MR) is 76.1 cm³/mol. The van der Waals surface area contributed by atoms with Crippen LogP contribution >= 0.6 is 0 Å². The van der Waals surface area contributed by atoms with Crippen LogP contribution in [-0.4, -0.2) is 41.3 Å². The molecule has 0 aliphatic carbocycles. The summed E-state index contributed by atoms with van der Waals surface area (Å²) in [5.74, 6) is 0.225. The second kappa shape index (κ2) is 7.39. The number of carbonyl (C=O) groups is 1. The van der Waals surface area contributed by atoms with Crippen molar-refractivity contribution in [3.8, 4) is 5.88 Å². The highest BCUT2D eigenvalue weighted by molar-refractivity contribution is 5.94. The van der Waals surface area contributed by atoms with E-state index in [1.54, 1.807) is 31.8 Å². The zero-order valence-electron chi connectivity index (χ0n) is 12.1. The van der Waals surface area contributed by atoms with Gasteiger partial charge in [0, 0.05) is 37.7 Å². The fraction of sp³-hybridized carbons (Fsp3) is 0.357. The number of rotatable bonds is 7. The zero-order chi connectivity index (χ0) is 15.1. The summed E-state index contributed by atoms with van der Waals surface area (Å²) in [6, 6.07) is 3.23. The van der Waals surface area contributed by atoms with E-state index in [0.717, 1.165) is 5.69 Å². The second-order valence-electron chi connectivity index (χ2n) is 4.34. The molecule has 0 aliphatic rings. The molecule has 1 amide bonds. The summed E-state index contributed by atoms with van der Waals surface area (Å²) >= 11 is 0. The van der Waals surface area contributed by atoms with E-state index < -0.39 is 0 Å². The van der Waals surface area contributed by atoms with Crippen LogP contribution in [0, 0.1) is 0 Å². The number of carbonyl (C=O) groups excluding carboxylic acids is 1. The average Bonchev–Trinajstić information content (AvgIpc) is 2.98. The maximum absolute atomic E-state index is 12.1. The van der Waals surface area contributed by atoms with E-state index in [4.69, 9.17) is 9.47 Å². The zero-order valence-corrected chi connectivity index (χ0v) is 12.1. The molecule has 0 saturated carbocycles. The lowest BCUT2D eigenvalue weighted by atomic mass is 10.2. The van der Waals surface area contributed by atoms with Crippen LogP contribution in [-0.2, 0) is 17.8 Å². The Morgan fingerprint density at radius 3 is 3.05 bits per heavy atom. The third-order valence-corrected chi connectivity index (χ3v) is 2.97. The van der Waals surface area contributed by atoms with Crippen molar-refractivity contribution in [2.24, 2.45) is 0 Å². The molecule has 7 heteroatoms. The molecular weight excluding hydrogens is 272 g/mol. The van der Waals surface area contributed by atoms with Gasteiger partial charge in [-0.3, -0.25) is 4.79 Å². The minimum atomic E-state index is -0.185. The lowest BCUT2D eigenvalue weighted by molar-refractivity contribution is 0.0949. The molecule has 1 N–H and O–H groups in total. The Morgan fingerprint density at radius 1 is 1.43 bits per heavy atom. The lowest BCUT2D eigenvalue weighted by Gasteiger charge is -2.09. The molecule has 21 heavy (non-hydrogen) atoms. The molecule has 0 saturated heterocycles. The Balaban J connectivity index is 1.96. The molecule has 0 aromatic carbocycles. The van der Waals surface area contributed by atoms with Crippen LogP contribution < -0.4 is 10.1 Å². The van der Waals surface area contributed by atoms with Gasteiger partial charge in [-0.05, 0) is 6.07 Å². The van der Waals surface area contributed by atoms with Gasteiger partial charge in [-0.2, -0.15) is 0 Å². The molecule has 0 bridgehead atoms. The molecule has 2 rings (SSSR count). The maximum atomic E-state index is 12.1. The molecule has 7 nitrogen and oxygen atoms in total. The molecule has 2 aromatic heterocycles. The van der Waals surface area contributed by atoms with E-state index in [1.807, 2.05) is 4.57 Å². The van der Waals surface area contributed by atoms with Gasteiger partial charge in [-0.25, -0.2) is 9.97 Å². The van der Waals surface area contributed by atoms with Crippen molar-refractivity contribution in [1.82, 2.24) is 19.9 Å². The van der Waals surface area contributed by atoms with Crippen molar-refractivity contribution in [2.45, 2.75) is 13.1 Å². The number of hydrogen-bond acceptors (Lipinski definition) is 5. The number of imidazole rings is 1. The molecule has 112 valence electrons. The van der Waals surface area contributed by atoms with E-state index in [2.05, 4.69) is 15.3 Å². The molecule has 0 spiro atoms. The van der Waals surface area contributed by atoms with Crippen molar-refractivity contribution < 1.29 is 14.3 Å². The molecule has 2 aromatic rings. The van der Waals surface area contributed by atoms with Crippen molar-refractivity contribution in [2.75, 3.05) is 20.8 Å². The van der Waals surface area contributed by atoms with Crippen LogP contribution in [0.15, 0.2) is 30.9 Å². The van der Waals surface area contributed by atoms with E-state index in [1.165, 1.54) is 13.3 Å². The highest BCUT2D eigenvalue weighted by Crippen LogP contribution is 2.08. The quantitative estimate of drug-likeness (QED) is 0.818. The van der Waals surface area contributed by atoms with Gasteiger partial charge in [0.15, 0.2) is 0 Å². The van der Waals surface area contributed by atoms with Crippen molar-refractivity contribution in [3.05, 3.63) is 42.1 Å². The largest absolute Gasteiger partial charge is 0.481 e. The van der Waals surface area contributed by atoms with Crippen LogP contribution in [0.4, 0.5) is 0 Å². The first-order valence-corrected chi connectivity index (χ1v) is 6.50. The summed E-state index contributed by atoms with van der Waals surface area (Å²) in [6.07, 6.45) is 4.98.